The summed E-state index contributed by atoms with van der Waals surface area (Å²) >= 11 is 0. The van der Waals surface area contributed by atoms with Crippen LogP contribution in [0.2, 0.25) is 0 Å². The van der Waals surface area contributed by atoms with Gasteiger partial charge >= 0.3 is 0 Å². The van der Waals surface area contributed by atoms with Crippen molar-refractivity contribution in [2.45, 2.75) is 57.8 Å². The topological polar surface area (TPSA) is 41.6 Å². The van der Waals surface area contributed by atoms with E-state index in [2.05, 4.69) is 33.0 Å². The minimum absolute atomic E-state index is 0.0767. The molecule has 0 aliphatic carbocycles. The smallest absolute Gasteiger partial charge is 0.223 e. The summed E-state index contributed by atoms with van der Waals surface area (Å²) in [5, 5.41) is 3.44. The Kier molecular flexibility index (Phi) is 4.20. The molecular formula is C13H26N2O2. The van der Waals surface area contributed by atoms with Crippen molar-refractivity contribution >= 4 is 5.91 Å². The number of nitrogens with zero attached hydrogens (tertiary/aromatic N) is 1. The third-order valence-corrected chi connectivity index (χ3v) is 3.30. The zero-order chi connectivity index (χ0) is 13.3. The minimum Gasteiger partial charge on any atom is -0.368 e. The molecule has 1 rings (SSSR count). The molecular weight excluding hydrogens is 216 g/mol. The number of amides is 1. The van der Waals surface area contributed by atoms with Crippen LogP contribution >= 0.6 is 0 Å². The molecule has 4 heteroatoms. The number of rotatable bonds is 4. The van der Waals surface area contributed by atoms with E-state index >= 15 is 0 Å². The second-order valence-corrected chi connectivity index (χ2v) is 6.21. The van der Waals surface area contributed by atoms with E-state index in [-0.39, 0.29) is 17.1 Å². The first kappa shape index (κ1) is 14.5. The van der Waals surface area contributed by atoms with Crippen LogP contribution in [-0.4, -0.2) is 48.7 Å². The Hall–Kier alpha value is -0.610. The maximum atomic E-state index is 11.5. The van der Waals surface area contributed by atoms with E-state index < -0.39 is 0 Å². The molecule has 1 atom stereocenters. The Bertz CT molecular complexity index is 285. The van der Waals surface area contributed by atoms with Gasteiger partial charge in [-0.3, -0.25) is 4.79 Å². The maximum Gasteiger partial charge on any atom is 0.223 e. The van der Waals surface area contributed by atoms with Crippen LogP contribution in [0.3, 0.4) is 0 Å². The van der Waals surface area contributed by atoms with Gasteiger partial charge in [0.1, 0.15) is 0 Å². The van der Waals surface area contributed by atoms with Crippen molar-refractivity contribution in [1.82, 2.24) is 10.2 Å². The van der Waals surface area contributed by atoms with Crippen LogP contribution in [0.1, 0.15) is 40.5 Å². The molecule has 17 heavy (non-hydrogen) atoms. The summed E-state index contributed by atoms with van der Waals surface area (Å²) in [5.41, 5.74) is -0.239. The van der Waals surface area contributed by atoms with Crippen molar-refractivity contribution in [3.05, 3.63) is 0 Å². The number of carbonyl (C=O) groups excluding carboxylic acids is 1. The molecule has 1 unspecified atom stereocenters. The molecule has 0 bridgehead atoms. The Morgan fingerprint density at radius 3 is 2.35 bits per heavy atom. The highest BCUT2D eigenvalue weighted by atomic mass is 16.5. The number of ether oxygens (including phenoxy) is 1. The second kappa shape index (κ2) is 4.94. The number of hydrogen-bond acceptors (Lipinski definition) is 3. The van der Waals surface area contributed by atoms with Gasteiger partial charge in [0.2, 0.25) is 5.91 Å². The van der Waals surface area contributed by atoms with Gasteiger partial charge in [-0.25, -0.2) is 0 Å². The summed E-state index contributed by atoms with van der Waals surface area (Å²) in [6, 6.07) is 0.312. The van der Waals surface area contributed by atoms with Crippen LogP contribution in [0, 0.1) is 0 Å². The summed E-state index contributed by atoms with van der Waals surface area (Å²) in [6.07, 6.45) is 1.52. The minimum atomic E-state index is -0.162. The van der Waals surface area contributed by atoms with E-state index in [1.165, 1.54) is 0 Å². The first-order valence-corrected chi connectivity index (χ1v) is 6.28. The highest BCUT2D eigenvalue weighted by Crippen LogP contribution is 2.37. The molecule has 100 valence electrons. The van der Waals surface area contributed by atoms with Crippen molar-refractivity contribution in [2.24, 2.45) is 0 Å². The Morgan fingerprint density at radius 1 is 1.35 bits per heavy atom. The van der Waals surface area contributed by atoms with Crippen molar-refractivity contribution < 1.29 is 9.53 Å². The molecule has 0 spiro atoms. The zero-order valence-corrected chi connectivity index (χ0v) is 12.0. The second-order valence-electron chi connectivity index (χ2n) is 6.21. The van der Waals surface area contributed by atoms with Crippen LogP contribution in [-0.2, 0) is 9.53 Å². The number of carbonyl (C=O) groups is 1. The van der Waals surface area contributed by atoms with Crippen LogP contribution < -0.4 is 5.32 Å². The van der Waals surface area contributed by atoms with Crippen LogP contribution in [0.4, 0.5) is 0 Å². The average molecular weight is 242 g/mol. The Morgan fingerprint density at radius 2 is 1.94 bits per heavy atom. The predicted octanol–water partition coefficient (Wildman–Crippen LogP) is 1.40. The van der Waals surface area contributed by atoms with Gasteiger partial charge in [-0.1, -0.05) is 0 Å². The Labute approximate surface area is 105 Å². The molecule has 0 aromatic carbocycles. The highest BCUT2D eigenvalue weighted by molar-refractivity contribution is 5.75. The quantitative estimate of drug-likeness (QED) is 0.810. The average Bonchev–Trinajstić information content (AvgIpc) is 2.33. The number of hydrogen-bond donors (Lipinski definition) is 1. The van der Waals surface area contributed by atoms with Crippen molar-refractivity contribution in [3.63, 3.8) is 0 Å². The normalized spacial score (nSPS) is 25.9. The van der Waals surface area contributed by atoms with Gasteiger partial charge in [-0.15, -0.1) is 0 Å². The summed E-state index contributed by atoms with van der Waals surface area (Å²) in [4.78, 5) is 13.1. The van der Waals surface area contributed by atoms with Gasteiger partial charge in [0.05, 0.1) is 11.2 Å². The fourth-order valence-electron chi connectivity index (χ4n) is 2.46. The first-order chi connectivity index (χ1) is 7.64. The molecule has 0 saturated carbocycles. The predicted molar refractivity (Wildman–Crippen MR) is 69.0 cm³/mol. The molecule has 0 aromatic rings. The Balaban J connectivity index is 2.40. The summed E-state index contributed by atoms with van der Waals surface area (Å²) < 4.78 is 6.00. The van der Waals surface area contributed by atoms with Gasteiger partial charge in [0.25, 0.3) is 0 Å². The fraction of sp³-hybridized carbons (Fsp3) is 0.923. The molecule has 4 nitrogen and oxygen atoms in total. The molecule has 1 N–H and O–H groups in total. The molecule has 0 radical (unpaired) electrons. The van der Waals surface area contributed by atoms with E-state index in [1.807, 2.05) is 0 Å². The van der Waals surface area contributed by atoms with Gasteiger partial charge in [-0.05, 0) is 34.1 Å². The van der Waals surface area contributed by atoms with Gasteiger partial charge in [0, 0.05) is 33.1 Å². The van der Waals surface area contributed by atoms with Gasteiger partial charge < -0.3 is 15.0 Å². The third-order valence-electron chi connectivity index (χ3n) is 3.30. The summed E-state index contributed by atoms with van der Waals surface area (Å²) in [5.74, 6) is 0.161. The maximum absolute atomic E-state index is 11.5. The fourth-order valence-corrected chi connectivity index (χ4v) is 2.46. The molecule has 1 fully saturated rings. The van der Waals surface area contributed by atoms with Crippen LogP contribution in [0.25, 0.3) is 0 Å². The zero-order valence-electron chi connectivity index (χ0n) is 12.0. The first-order valence-electron chi connectivity index (χ1n) is 6.28. The standard InChI is InChI=1S/C13H26N2O2/c1-12(2)9-10(13(3,4)17-12)14-8-7-11(16)15(5)6/h10,14H,7-9H2,1-6H3. The van der Waals surface area contributed by atoms with Crippen LogP contribution in [0.5, 0.6) is 0 Å². The molecule has 1 heterocycles. The lowest BCUT2D eigenvalue weighted by atomic mass is 9.94. The van der Waals surface area contributed by atoms with Crippen molar-refractivity contribution in [2.75, 3.05) is 20.6 Å². The van der Waals surface area contributed by atoms with Gasteiger partial charge in [-0.2, -0.15) is 0 Å². The lowest BCUT2D eigenvalue weighted by Crippen LogP contribution is -2.44. The van der Waals surface area contributed by atoms with E-state index in [0.29, 0.717) is 19.0 Å². The highest BCUT2D eigenvalue weighted by Gasteiger charge is 2.45. The molecule has 1 saturated heterocycles. The van der Waals surface area contributed by atoms with E-state index in [9.17, 15) is 4.79 Å². The summed E-state index contributed by atoms with van der Waals surface area (Å²) in [6.45, 7) is 9.15. The molecule has 1 aliphatic heterocycles. The molecule has 1 amide bonds. The van der Waals surface area contributed by atoms with E-state index in [0.717, 1.165) is 6.42 Å². The molecule has 0 aromatic heterocycles. The van der Waals surface area contributed by atoms with Crippen LogP contribution in [0.15, 0.2) is 0 Å². The van der Waals surface area contributed by atoms with E-state index in [1.54, 1.807) is 19.0 Å². The summed E-state index contributed by atoms with van der Waals surface area (Å²) in [7, 11) is 3.57. The van der Waals surface area contributed by atoms with E-state index in [4.69, 9.17) is 4.74 Å². The van der Waals surface area contributed by atoms with Crippen molar-refractivity contribution in [3.8, 4) is 0 Å². The lowest BCUT2D eigenvalue weighted by Gasteiger charge is -2.28. The van der Waals surface area contributed by atoms with Gasteiger partial charge in [0.15, 0.2) is 0 Å². The lowest BCUT2D eigenvalue weighted by molar-refractivity contribution is -0.128. The monoisotopic (exact) mass is 242 g/mol. The largest absolute Gasteiger partial charge is 0.368 e. The van der Waals surface area contributed by atoms with Crippen molar-refractivity contribution in [1.29, 1.82) is 0 Å². The number of nitrogens with one attached hydrogen (secondary N) is 1. The molecule has 1 aliphatic rings. The SMILES string of the molecule is CN(C)C(=O)CCNC1CC(C)(C)OC1(C)C. The third kappa shape index (κ3) is 3.96.